The Bertz CT molecular complexity index is 257. The van der Waals surface area contributed by atoms with Crippen LogP contribution in [0.25, 0.3) is 0 Å². The third-order valence-electron chi connectivity index (χ3n) is 1.54. The zero-order chi connectivity index (χ0) is 10.3. The van der Waals surface area contributed by atoms with Gasteiger partial charge < -0.3 is 0 Å². The molecule has 0 bridgehead atoms. The maximum atomic E-state index is 4.24. The highest BCUT2D eigenvalue weighted by atomic mass is 14.7. The molecule has 0 aliphatic carbocycles. The number of aromatic nitrogens is 1. The molecule has 0 saturated carbocycles. The van der Waals surface area contributed by atoms with Crippen LogP contribution < -0.4 is 0 Å². The molecule has 0 aliphatic heterocycles. The standard InChI is InChI=1S/C9H12N2.C2H6/c1-4-11-9-7(2)5-10-6-8(9)3;1-2/h4-6H,1-3H3;1-2H3. The van der Waals surface area contributed by atoms with Crippen LogP contribution in [0.5, 0.6) is 0 Å². The molecule has 0 N–H and O–H groups in total. The molecule has 0 amide bonds. The fourth-order valence-electron chi connectivity index (χ4n) is 1.03. The van der Waals surface area contributed by atoms with Crippen LogP contribution in [-0.2, 0) is 0 Å². The van der Waals surface area contributed by atoms with E-state index in [1.165, 1.54) is 0 Å². The van der Waals surface area contributed by atoms with Gasteiger partial charge in [-0.25, -0.2) is 0 Å². The lowest BCUT2D eigenvalue weighted by atomic mass is 10.2. The number of hydrogen-bond donors (Lipinski definition) is 0. The number of rotatable bonds is 1. The van der Waals surface area contributed by atoms with Gasteiger partial charge in [-0.1, -0.05) is 13.8 Å². The zero-order valence-corrected chi connectivity index (χ0v) is 9.13. The molecule has 0 saturated heterocycles. The highest BCUT2D eigenvalue weighted by Crippen LogP contribution is 2.20. The van der Waals surface area contributed by atoms with Crippen molar-refractivity contribution in [2.45, 2.75) is 34.6 Å². The molecule has 0 radical (unpaired) electrons. The second-order valence-corrected chi connectivity index (χ2v) is 2.51. The van der Waals surface area contributed by atoms with Gasteiger partial charge in [-0.05, 0) is 31.9 Å². The van der Waals surface area contributed by atoms with Crippen molar-refractivity contribution in [3.8, 4) is 0 Å². The van der Waals surface area contributed by atoms with Crippen LogP contribution in [0.15, 0.2) is 17.4 Å². The van der Waals surface area contributed by atoms with E-state index in [1.807, 2.05) is 47.0 Å². The van der Waals surface area contributed by atoms with Gasteiger partial charge in [0.15, 0.2) is 0 Å². The average Bonchev–Trinajstić information content (AvgIpc) is 2.15. The lowest BCUT2D eigenvalue weighted by Crippen LogP contribution is -1.82. The Labute approximate surface area is 80.7 Å². The molecule has 0 atom stereocenters. The van der Waals surface area contributed by atoms with Gasteiger partial charge in [0.1, 0.15) is 0 Å². The first-order chi connectivity index (χ1) is 6.25. The molecule has 72 valence electrons. The lowest BCUT2D eigenvalue weighted by molar-refractivity contribution is 1.20. The predicted molar refractivity (Wildman–Crippen MR) is 58.9 cm³/mol. The molecule has 13 heavy (non-hydrogen) atoms. The summed E-state index contributed by atoms with van der Waals surface area (Å²) in [7, 11) is 0. The topological polar surface area (TPSA) is 25.2 Å². The molecule has 1 rings (SSSR count). The first-order valence-electron chi connectivity index (χ1n) is 4.65. The maximum absolute atomic E-state index is 4.24. The Morgan fingerprint density at radius 1 is 1.15 bits per heavy atom. The van der Waals surface area contributed by atoms with Gasteiger partial charge in [-0.15, -0.1) is 0 Å². The zero-order valence-electron chi connectivity index (χ0n) is 9.13. The Hall–Kier alpha value is -1.18. The van der Waals surface area contributed by atoms with E-state index in [2.05, 4.69) is 9.98 Å². The molecular formula is C11H18N2. The first-order valence-corrected chi connectivity index (χ1v) is 4.65. The van der Waals surface area contributed by atoms with E-state index in [1.54, 1.807) is 6.21 Å². The molecule has 0 aliphatic rings. The first kappa shape index (κ1) is 11.8. The average molecular weight is 178 g/mol. The van der Waals surface area contributed by atoms with Crippen molar-refractivity contribution in [3.05, 3.63) is 23.5 Å². The van der Waals surface area contributed by atoms with E-state index in [0.29, 0.717) is 0 Å². The van der Waals surface area contributed by atoms with Crippen molar-refractivity contribution in [1.82, 2.24) is 4.98 Å². The van der Waals surface area contributed by atoms with E-state index in [-0.39, 0.29) is 0 Å². The minimum atomic E-state index is 1.04. The smallest absolute Gasteiger partial charge is 0.0714 e. The molecule has 2 heteroatoms. The summed E-state index contributed by atoms with van der Waals surface area (Å²) >= 11 is 0. The highest BCUT2D eigenvalue weighted by Gasteiger charge is 1.97. The lowest BCUT2D eigenvalue weighted by Gasteiger charge is -2.01. The Morgan fingerprint density at radius 3 is 2.00 bits per heavy atom. The molecule has 2 nitrogen and oxygen atoms in total. The van der Waals surface area contributed by atoms with Gasteiger partial charge in [0.05, 0.1) is 5.69 Å². The fourth-order valence-corrected chi connectivity index (χ4v) is 1.03. The summed E-state index contributed by atoms with van der Waals surface area (Å²) in [6.45, 7) is 9.95. The van der Waals surface area contributed by atoms with Crippen LogP contribution in [0.3, 0.4) is 0 Å². The minimum Gasteiger partial charge on any atom is -0.264 e. The van der Waals surface area contributed by atoms with Crippen LogP contribution in [0.1, 0.15) is 31.9 Å². The molecule has 0 fully saturated rings. The third kappa shape index (κ3) is 3.36. The summed E-state index contributed by atoms with van der Waals surface area (Å²) in [6.07, 6.45) is 5.46. The SMILES string of the molecule is CC.CC=Nc1c(C)cncc1C. The van der Waals surface area contributed by atoms with Gasteiger partial charge >= 0.3 is 0 Å². The monoisotopic (exact) mass is 178 g/mol. The molecule has 1 aromatic rings. The number of aliphatic imine (C=N–C) groups is 1. The predicted octanol–water partition coefficient (Wildman–Crippen LogP) is 3.45. The summed E-state index contributed by atoms with van der Waals surface area (Å²) in [5.41, 5.74) is 3.30. The number of hydrogen-bond acceptors (Lipinski definition) is 2. The summed E-state index contributed by atoms with van der Waals surface area (Å²) in [6, 6.07) is 0. The van der Waals surface area contributed by atoms with Crippen LogP contribution in [0.2, 0.25) is 0 Å². The fraction of sp³-hybridized carbons (Fsp3) is 0.455. The maximum Gasteiger partial charge on any atom is 0.0714 e. The van der Waals surface area contributed by atoms with E-state index in [9.17, 15) is 0 Å². The van der Waals surface area contributed by atoms with Gasteiger partial charge in [-0.3, -0.25) is 9.98 Å². The minimum absolute atomic E-state index is 1.04. The quantitative estimate of drug-likeness (QED) is 0.605. The van der Waals surface area contributed by atoms with E-state index in [0.717, 1.165) is 16.8 Å². The summed E-state index contributed by atoms with van der Waals surface area (Å²) in [5, 5.41) is 0. The van der Waals surface area contributed by atoms with Crippen LogP contribution in [-0.4, -0.2) is 11.2 Å². The molecule has 1 heterocycles. The Balaban J connectivity index is 0.000000671. The Morgan fingerprint density at radius 2 is 1.62 bits per heavy atom. The summed E-state index contributed by atoms with van der Waals surface area (Å²) in [5.74, 6) is 0. The van der Waals surface area contributed by atoms with Gasteiger partial charge in [0.25, 0.3) is 0 Å². The number of pyridine rings is 1. The van der Waals surface area contributed by atoms with Crippen LogP contribution >= 0.6 is 0 Å². The summed E-state index contributed by atoms with van der Waals surface area (Å²) < 4.78 is 0. The normalized spacial score (nSPS) is 9.62. The van der Waals surface area contributed by atoms with Crippen molar-refractivity contribution in [2.75, 3.05) is 0 Å². The Kier molecular flexibility index (Phi) is 5.77. The van der Waals surface area contributed by atoms with Gasteiger partial charge in [-0.2, -0.15) is 0 Å². The van der Waals surface area contributed by atoms with Crippen LogP contribution in [0, 0.1) is 13.8 Å². The van der Waals surface area contributed by atoms with E-state index >= 15 is 0 Å². The molecule has 0 spiro atoms. The molecule has 0 unspecified atom stereocenters. The highest BCUT2D eigenvalue weighted by molar-refractivity contribution is 5.63. The second-order valence-electron chi connectivity index (χ2n) is 2.51. The van der Waals surface area contributed by atoms with Crippen molar-refractivity contribution >= 4 is 11.9 Å². The summed E-state index contributed by atoms with van der Waals surface area (Å²) in [4.78, 5) is 8.29. The van der Waals surface area contributed by atoms with Gasteiger partial charge in [0.2, 0.25) is 0 Å². The van der Waals surface area contributed by atoms with Crippen molar-refractivity contribution in [2.24, 2.45) is 4.99 Å². The van der Waals surface area contributed by atoms with Crippen LogP contribution in [0.4, 0.5) is 5.69 Å². The van der Waals surface area contributed by atoms with Crippen molar-refractivity contribution < 1.29 is 0 Å². The van der Waals surface area contributed by atoms with Crippen molar-refractivity contribution in [1.29, 1.82) is 0 Å². The van der Waals surface area contributed by atoms with Crippen molar-refractivity contribution in [3.63, 3.8) is 0 Å². The third-order valence-corrected chi connectivity index (χ3v) is 1.54. The van der Waals surface area contributed by atoms with Gasteiger partial charge in [0, 0.05) is 18.6 Å². The molecule has 1 aromatic heterocycles. The van der Waals surface area contributed by atoms with E-state index < -0.39 is 0 Å². The van der Waals surface area contributed by atoms with E-state index in [4.69, 9.17) is 0 Å². The molecular weight excluding hydrogens is 160 g/mol. The number of nitrogens with zero attached hydrogens (tertiary/aromatic N) is 2. The largest absolute Gasteiger partial charge is 0.264 e. The molecule has 0 aromatic carbocycles. The second kappa shape index (κ2) is 6.35. The number of aryl methyl sites for hydroxylation is 2.